The summed E-state index contributed by atoms with van der Waals surface area (Å²) in [6, 6.07) is 0. The van der Waals surface area contributed by atoms with Gasteiger partial charge in [-0.15, -0.1) is 0 Å². The van der Waals surface area contributed by atoms with Crippen LogP contribution < -0.4 is 5.32 Å². The van der Waals surface area contributed by atoms with Crippen LogP contribution in [0.5, 0.6) is 0 Å². The van der Waals surface area contributed by atoms with Crippen LogP contribution in [-0.4, -0.2) is 10.3 Å². The number of carbonyl (C=O) groups is 1. The van der Waals surface area contributed by atoms with Crippen LogP contribution in [0.4, 0.5) is 0 Å². The first-order valence-electron chi connectivity index (χ1n) is 5.64. The zero-order valence-corrected chi connectivity index (χ0v) is 12.1. The van der Waals surface area contributed by atoms with Crippen molar-refractivity contribution in [1.29, 1.82) is 0 Å². The lowest BCUT2D eigenvalue weighted by atomic mass is 9.78. The Morgan fingerprint density at radius 2 is 2.47 bits per heavy atom. The van der Waals surface area contributed by atoms with Gasteiger partial charge in [-0.25, -0.2) is 0 Å². The fourth-order valence-electron chi connectivity index (χ4n) is 1.91. The first-order chi connectivity index (χ1) is 8.12. The second-order valence-corrected chi connectivity index (χ2v) is 6.29. The highest BCUT2D eigenvalue weighted by atomic mass is 79.9. The lowest BCUT2D eigenvalue weighted by Crippen LogP contribution is -2.39. The number of hydrogen-bond acceptors (Lipinski definition) is 3. The summed E-state index contributed by atoms with van der Waals surface area (Å²) >= 11 is 4.82. The molecule has 1 unspecified atom stereocenters. The fourth-order valence-corrected chi connectivity index (χ4v) is 3.07. The second-order valence-electron chi connectivity index (χ2n) is 4.55. The molecule has 1 aromatic rings. The molecule has 3 nitrogen and oxygen atoms in total. The number of carbonyl (C=O) groups excluding carboxylic acids is 1. The van der Waals surface area contributed by atoms with E-state index in [9.17, 15) is 4.79 Å². The van der Waals surface area contributed by atoms with Crippen molar-refractivity contribution in [3.8, 4) is 0 Å². The number of aromatic nitrogens is 1. The van der Waals surface area contributed by atoms with Gasteiger partial charge in [0.1, 0.15) is 0 Å². The third-order valence-corrected chi connectivity index (χ3v) is 4.89. The van der Waals surface area contributed by atoms with Gasteiger partial charge in [0.25, 0.3) is 0 Å². The maximum atomic E-state index is 12.2. The molecule has 0 saturated heterocycles. The monoisotopic (exact) mass is 314 g/mol. The number of hydrogen-bond donors (Lipinski definition) is 1. The molecule has 17 heavy (non-hydrogen) atoms. The molecular weight excluding hydrogens is 300 g/mol. The van der Waals surface area contributed by atoms with Crippen molar-refractivity contribution >= 4 is 33.4 Å². The number of allylic oxidation sites excluding steroid dienone is 2. The Hall–Kier alpha value is -0.680. The van der Waals surface area contributed by atoms with Crippen molar-refractivity contribution < 1.29 is 4.79 Å². The summed E-state index contributed by atoms with van der Waals surface area (Å²) in [5.41, 5.74) is -0.244. The average molecular weight is 315 g/mol. The van der Waals surface area contributed by atoms with E-state index in [1.165, 1.54) is 11.5 Å². The molecule has 1 heterocycles. The lowest BCUT2D eigenvalue weighted by molar-refractivity contribution is -0.130. The maximum Gasteiger partial charge on any atom is 0.226 e. The molecule has 0 radical (unpaired) electrons. The van der Waals surface area contributed by atoms with E-state index in [1.807, 2.05) is 6.92 Å². The highest BCUT2D eigenvalue weighted by molar-refractivity contribution is 9.10. The maximum absolute atomic E-state index is 12.2. The van der Waals surface area contributed by atoms with Crippen LogP contribution in [0, 0.1) is 5.41 Å². The van der Waals surface area contributed by atoms with Crippen molar-refractivity contribution in [1.82, 2.24) is 9.69 Å². The molecule has 1 atom stereocenters. The van der Waals surface area contributed by atoms with E-state index in [2.05, 4.69) is 37.8 Å². The van der Waals surface area contributed by atoms with Crippen molar-refractivity contribution in [3.05, 3.63) is 27.7 Å². The van der Waals surface area contributed by atoms with Gasteiger partial charge in [0.2, 0.25) is 5.91 Å². The van der Waals surface area contributed by atoms with Crippen LogP contribution in [0.3, 0.4) is 0 Å². The van der Waals surface area contributed by atoms with Gasteiger partial charge in [0.05, 0.1) is 27.5 Å². The molecule has 0 aliphatic heterocycles. The fraction of sp³-hybridized carbons (Fsp3) is 0.500. The van der Waals surface area contributed by atoms with Crippen LogP contribution in [0.1, 0.15) is 31.1 Å². The van der Waals surface area contributed by atoms with E-state index in [0.29, 0.717) is 6.54 Å². The van der Waals surface area contributed by atoms with Crippen molar-refractivity contribution in [3.63, 3.8) is 0 Å². The molecule has 1 N–H and O–H groups in total. The van der Waals surface area contributed by atoms with E-state index >= 15 is 0 Å². The summed E-state index contributed by atoms with van der Waals surface area (Å²) in [6.07, 6.45) is 8.77. The Morgan fingerprint density at radius 3 is 3.06 bits per heavy atom. The Kier molecular flexibility index (Phi) is 3.99. The lowest BCUT2D eigenvalue weighted by Gasteiger charge is -2.29. The standard InChI is InChI=1S/C12H15BrN2OS/c1-12(5-3-2-4-6-12)11(16)14-8-10-9(13)7-15-17-10/h2-3,7H,4-6,8H2,1H3,(H,14,16). The molecule has 0 fully saturated rings. The number of rotatable bonds is 3. The summed E-state index contributed by atoms with van der Waals surface area (Å²) in [6.45, 7) is 2.59. The molecule has 1 aromatic heterocycles. The van der Waals surface area contributed by atoms with E-state index in [0.717, 1.165) is 28.6 Å². The molecule has 0 aromatic carbocycles. The van der Waals surface area contributed by atoms with Gasteiger partial charge < -0.3 is 5.32 Å². The van der Waals surface area contributed by atoms with Crippen LogP contribution in [-0.2, 0) is 11.3 Å². The molecule has 0 bridgehead atoms. The predicted molar refractivity (Wildman–Crippen MR) is 72.8 cm³/mol. The second kappa shape index (κ2) is 5.31. The summed E-state index contributed by atoms with van der Waals surface area (Å²) in [5, 5.41) is 3.00. The highest BCUT2D eigenvalue weighted by Crippen LogP contribution is 2.32. The Morgan fingerprint density at radius 1 is 1.65 bits per heavy atom. The van der Waals surface area contributed by atoms with E-state index < -0.39 is 0 Å². The summed E-state index contributed by atoms with van der Waals surface area (Å²) in [5.74, 6) is 0.141. The van der Waals surface area contributed by atoms with Crippen molar-refractivity contribution in [2.75, 3.05) is 0 Å². The minimum absolute atomic E-state index is 0.141. The van der Waals surface area contributed by atoms with Crippen molar-refractivity contribution in [2.24, 2.45) is 5.41 Å². The number of nitrogens with one attached hydrogen (secondary N) is 1. The topological polar surface area (TPSA) is 42.0 Å². The molecule has 2 rings (SSSR count). The van der Waals surface area contributed by atoms with Crippen molar-refractivity contribution in [2.45, 2.75) is 32.7 Å². The molecule has 1 aliphatic carbocycles. The van der Waals surface area contributed by atoms with Gasteiger partial charge in [0, 0.05) is 0 Å². The minimum atomic E-state index is -0.244. The SMILES string of the molecule is CC1(C(=O)NCc2sncc2Br)CC=CCC1. The van der Waals surface area contributed by atoms with Gasteiger partial charge in [-0.3, -0.25) is 4.79 Å². The molecule has 0 saturated carbocycles. The van der Waals surface area contributed by atoms with E-state index in [-0.39, 0.29) is 11.3 Å². The summed E-state index contributed by atoms with van der Waals surface area (Å²) in [4.78, 5) is 13.2. The van der Waals surface area contributed by atoms with Crippen LogP contribution >= 0.6 is 27.5 Å². The Labute approximate surface area is 114 Å². The average Bonchev–Trinajstić information content (AvgIpc) is 2.73. The molecule has 92 valence electrons. The van der Waals surface area contributed by atoms with E-state index in [4.69, 9.17) is 0 Å². The number of halogens is 1. The third kappa shape index (κ3) is 2.96. The van der Waals surface area contributed by atoms with Gasteiger partial charge in [-0.2, -0.15) is 4.37 Å². The minimum Gasteiger partial charge on any atom is -0.351 e. The first-order valence-corrected chi connectivity index (χ1v) is 7.21. The van der Waals surface area contributed by atoms with Gasteiger partial charge in [0.15, 0.2) is 0 Å². The molecule has 0 spiro atoms. The normalized spacial score (nSPS) is 23.6. The van der Waals surface area contributed by atoms with Gasteiger partial charge in [-0.1, -0.05) is 19.1 Å². The number of nitrogens with zero attached hydrogens (tertiary/aromatic N) is 1. The largest absolute Gasteiger partial charge is 0.351 e. The highest BCUT2D eigenvalue weighted by Gasteiger charge is 2.32. The molecule has 1 amide bonds. The van der Waals surface area contributed by atoms with Crippen LogP contribution in [0.25, 0.3) is 0 Å². The predicted octanol–water partition coefficient (Wildman–Crippen LogP) is 3.27. The quantitative estimate of drug-likeness (QED) is 0.870. The smallest absolute Gasteiger partial charge is 0.226 e. The Balaban J connectivity index is 1.93. The molecule has 5 heteroatoms. The first kappa shape index (κ1) is 12.8. The van der Waals surface area contributed by atoms with Gasteiger partial charge in [-0.05, 0) is 46.7 Å². The molecular formula is C12H15BrN2OS. The zero-order chi connectivity index (χ0) is 12.3. The van der Waals surface area contributed by atoms with Gasteiger partial charge >= 0.3 is 0 Å². The van der Waals surface area contributed by atoms with E-state index in [1.54, 1.807) is 6.20 Å². The zero-order valence-electron chi connectivity index (χ0n) is 9.70. The van der Waals surface area contributed by atoms with Crippen LogP contribution in [0.15, 0.2) is 22.8 Å². The summed E-state index contributed by atoms with van der Waals surface area (Å²) < 4.78 is 5.03. The molecule has 1 aliphatic rings. The third-order valence-electron chi connectivity index (χ3n) is 3.15. The Bertz CT molecular complexity index is 443. The van der Waals surface area contributed by atoms with Crippen LogP contribution in [0.2, 0.25) is 0 Å². The number of amides is 1. The summed E-state index contributed by atoms with van der Waals surface area (Å²) in [7, 11) is 0.